The van der Waals surface area contributed by atoms with Crippen molar-refractivity contribution in [2.45, 2.75) is 12.8 Å². The molecule has 0 spiro atoms. The number of benzene rings is 1. The summed E-state index contributed by atoms with van der Waals surface area (Å²) in [6, 6.07) is 4.78. The summed E-state index contributed by atoms with van der Waals surface area (Å²) in [4.78, 5) is 23.0. The van der Waals surface area contributed by atoms with E-state index < -0.39 is 5.97 Å². The number of halogens is 1. The molecule has 1 heterocycles. The second-order valence-corrected chi connectivity index (χ2v) is 5.52. The molecule has 102 valence electrons. The summed E-state index contributed by atoms with van der Waals surface area (Å²) in [5.41, 5.74) is 0.430. The van der Waals surface area contributed by atoms with E-state index in [0.29, 0.717) is 22.5 Å². The van der Waals surface area contributed by atoms with Gasteiger partial charge in [0, 0.05) is 10.9 Å². The van der Waals surface area contributed by atoms with Gasteiger partial charge in [0.25, 0.3) is 0 Å². The molecule has 6 heteroatoms. The van der Waals surface area contributed by atoms with Crippen molar-refractivity contribution in [1.82, 2.24) is 5.32 Å². The Morgan fingerprint density at radius 1 is 1.47 bits per heavy atom. The first kappa shape index (κ1) is 14.0. The van der Waals surface area contributed by atoms with Crippen LogP contribution in [0.2, 0.25) is 0 Å². The lowest BCUT2D eigenvalue weighted by molar-refractivity contribution is -0.116. The standard InChI is InChI=1S/C13H15BrN2O3/c14-9-1-2-11(10(6-9)13(18)19)16-12(17)5-8-3-4-15-7-8/h1-2,6,8,15H,3-5,7H2,(H,16,17)(H,18,19). The minimum Gasteiger partial charge on any atom is -0.478 e. The van der Waals surface area contributed by atoms with Crippen molar-refractivity contribution in [1.29, 1.82) is 0 Å². The largest absolute Gasteiger partial charge is 0.478 e. The summed E-state index contributed by atoms with van der Waals surface area (Å²) >= 11 is 3.22. The number of nitrogens with one attached hydrogen (secondary N) is 2. The van der Waals surface area contributed by atoms with Crippen LogP contribution in [0.25, 0.3) is 0 Å². The second kappa shape index (κ2) is 6.16. The summed E-state index contributed by atoms with van der Waals surface area (Å²) in [5, 5.41) is 15.0. The summed E-state index contributed by atoms with van der Waals surface area (Å²) in [7, 11) is 0. The van der Waals surface area contributed by atoms with Crippen molar-refractivity contribution < 1.29 is 14.7 Å². The van der Waals surface area contributed by atoms with Gasteiger partial charge in [-0.25, -0.2) is 4.79 Å². The quantitative estimate of drug-likeness (QED) is 0.791. The van der Waals surface area contributed by atoms with Crippen molar-refractivity contribution in [3.63, 3.8) is 0 Å². The highest BCUT2D eigenvalue weighted by molar-refractivity contribution is 9.10. The fraction of sp³-hybridized carbons (Fsp3) is 0.385. The molecular formula is C13H15BrN2O3. The Hall–Kier alpha value is -1.40. The topological polar surface area (TPSA) is 78.4 Å². The molecule has 1 amide bonds. The molecule has 0 aromatic heterocycles. The molecule has 0 saturated carbocycles. The molecule has 0 radical (unpaired) electrons. The molecule has 19 heavy (non-hydrogen) atoms. The highest BCUT2D eigenvalue weighted by Crippen LogP contribution is 2.22. The summed E-state index contributed by atoms with van der Waals surface area (Å²) in [5.74, 6) is -0.860. The van der Waals surface area contributed by atoms with Crippen LogP contribution in [-0.4, -0.2) is 30.1 Å². The van der Waals surface area contributed by atoms with Crippen LogP contribution in [0, 0.1) is 5.92 Å². The molecule has 1 saturated heterocycles. The zero-order chi connectivity index (χ0) is 13.8. The Labute approximate surface area is 119 Å². The smallest absolute Gasteiger partial charge is 0.337 e. The van der Waals surface area contributed by atoms with Crippen LogP contribution in [0.3, 0.4) is 0 Å². The molecule has 1 fully saturated rings. The van der Waals surface area contributed by atoms with Gasteiger partial charge < -0.3 is 15.7 Å². The lowest BCUT2D eigenvalue weighted by Gasteiger charge is -2.11. The molecule has 0 bridgehead atoms. The number of amides is 1. The number of rotatable bonds is 4. The van der Waals surface area contributed by atoms with Crippen LogP contribution in [0.5, 0.6) is 0 Å². The second-order valence-electron chi connectivity index (χ2n) is 4.61. The van der Waals surface area contributed by atoms with E-state index in [1.54, 1.807) is 12.1 Å². The van der Waals surface area contributed by atoms with Crippen LogP contribution in [0.4, 0.5) is 5.69 Å². The lowest BCUT2D eigenvalue weighted by atomic mass is 10.0. The molecule has 5 nitrogen and oxygen atoms in total. The van der Waals surface area contributed by atoms with Crippen LogP contribution in [0.1, 0.15) is 23.2 Å². The van der Waals surface area contributed by atoms with Gasteiger partial charge in [0.2, 0.25) is 5.91 Å². The summed E-state index contributed by atoms with van der Waals surface area (Å²) in [6.45, 7) is 1.79. The van der Waals surface area contributed by atoms with Crippen molar-refractivity contribution in [3.8, 4) is 0 Å². The Balaban J connectivity index is 2.05. The third-order valence-electron chi connectivity index (χ3n) is 3.12. The van der Waals surface area contributed by atoms with E-state index in [9.17, 15) is 9.59 Å². The van der Waals surface area contributed by atoms with Gasteiger partial charge in [-0.1, -0.05) is 15.9 Å². The fourth-order valence-corrected chi connectivity index (χ4v) is 2.52. The number of aromatic carboxylic acids is 1. The van der Waals surface area contributed by atoms with Crippen LogP contribution >= 0.6 is 15.9 Å². The number of hydrogen-bond donors (Lipinski definition) is 3. The van der Waals surface area contributed by atoms with Gasteiger partial charge in [-0.3, -0.25) is 4.79 Å². The van der Waals surface area contributed by atoms with E-state index >= 15 is 0 Å². The van der Waals surface area contributed by atoms with Gasteiger partial charge in [0.05, 0.1) is 11.3 Å². The Morgan fingerprint density at radius 3 is 2.89 bits per heavy atom. The van der Waals surface area contributed by atoms with E-state index in [1.807, 2.05) is 0 Å². The monoisotopic (exact) mass is 326 g/mol. The first-order valence-electron chi connectivity index (χ1n) is 6.09. The summed E-state index contributed by atoms with van der Waals surface area (Å²) < 4.78 is 0.669. The molecule has 1 aromatic rings. The first-order chi connectivity index (χ1) is 9.06. The van der Waals surface area contributed by atoms with Gasteiger partial charge in [-0.15, -0.1) is 0 Å². The SMILES string of the molecule is O=C(CC1CCNC1)Nc1ccc(Br)cc1C(=O)O. The Morgan fingerprint density at radius 2 is 2.26 bits per heavy atom. The third-order valence-corrected chi connectivity index (χ3v) is 3.62. The number of carboxylic acid groups (broad SMARTS) is 1. The predicted octanol–water partition coefficient (Wildman–Crippen LogP) is 2.09. The maximum Gasteiger partial charge on any atom is 0.337 e. The van der Waals surface area contributed by atoms with E-state index in [2.05, 4.69) is 26.6 Å². The molecular weight excluding hydrogens is 312 g/mol. The van der Waals surface area contributed by atoms with Gasteiger partial charge in [-0.2, -0.15) is 0 Å². The molecule has 1 unspecified atom stereocenters. The highest BCUT2D eigenvalue weighted by atomic mass is 79.9. The van der Waals surface area contributed by atoms with Crippen LogP contribution < -0.4 is 10.6 Å². The van der Waals surface area contributed by atoms with Gasteiger partial charge >= 0.3 is 5.97 Å². The van der Waals surface area contributed by atoms with Crippen LogP contribution in [0.15, 0.2) is 22.7 Å². The minimum absolute atomic E-state index is 0.0901. The van der Waals surface area contributed by atoms with E-state index in [1.165, 1.54) is 6.07 Å². The maximum absolute atomic E-state index is 11.9. The Kier molecular flexibility index (Phi) is 4.55. The van der Waals surface area contributed by atoms with Crippen molar-refractivity contribution in [3.05, 3.63) is 28.2 Å². The molecule has 1 aliphatic heterocycles. The average Bonchev–Trinajstić information content (AvgIpc) is 2.83. The third kappa shape index (κ3) is 3.78. The molecule has 0 aliphatic carbocycles. The lowest BCUT2D eigenvalue weighted by Crippen LogP contribution is -2.19. The molecule has 1 aliphatic rings. The number of hydrogen-bond acceptors (Lipinski definition) is 3. The van der Waals surface area contributed by atoms with Crippen LogP contribution in [-0.2, 0) is 4.79 Å². The van der Waals surface area contributed by atoms with Gasteiger partial charge in [-0.05, 0) is 43.6 Å². The van der Waals surface area contributed by atoms with Crippen molar-refractivity contribution in [2.24, 2.45) is 5.92 Å². The van der Waals surface area contributed by atoms with E-state index in [0.717, 1.165) is 19.5 Å². The maximum atomic E-state index is 11.9. The normalized spacial score (nSPS) is 18.3. The highest BCUT2D eigenvalue weighted by Gasteiger charge is 2.19. The van der Waals surface area contributed by atoms with E-state index in [-0.39, 0.29) is 11.5 Å². The molecule has 3 N–H and O–H groups in total. The first-order valence-corrected chi connectivity index (χ1v) is 6.89. The Bertz CT molecular complexity index is 499. The van der Waals surface area contributed by atoms with Crippen molar-refractivity contribution in [2.75, 3.05) is 18.4 Å². The molecule has 1 atom stereocenters. The van der Waals surface area contributed by atoms with Gasteiger partial charge in [0.1, 0.15) is 0 Å². The number of anilines is 1. The number of carbonyl (C=O) groups excluding carboxylic acids is 1. The predicted molar refractivity (Wildman–Crippen MR) is 75.3 cm³/mol. The molecule has 1 aromatic carbocycles. The zero-order valence-corrected chi connectivity index (χ0v) is 11.9. The summed E-state index contributed by atoms with van der Waals surface area (Å²) in [6.07, 6.45) is 1.40. The number of carboxylic acids is 1. The van der Waals surface area contributed by atoms with Gasteiger partial charge in [0.15, 0.2) is 0 Å². The van der Waals surface area contributed by atoms with Crippen molar-refractivity contribution >= 4 is 33.5 Å². The number of carbonyl (C=O) groups is 2. The minimum atomic E-state index is -1.06. The molecule has 2 rings (SSSR count). The fourth-order valence-electron chi connectivity index (χ4n) is 2.15. The zero-order valence-electron chi connectivity index (χ0n) is 10.3. The van der Waals surface area contributed by atoms with E-state index in [4.69, 9.17) is 5.11 Å². The average molecular weight is 327 g/mol.